The summed E-state index contributed by atoms with van der Waals surface area (Å²) in [5, 5.41) is 0. The van der Waals surface area contributed by atoms with Gasteiger partial charge in [0.1, 0.15) is 11.5 Å². The third kappa shape index (κ3) is 3.35. The summed E-state index contributed by atoms with van der Waals surface area (Å²) in [4.78, 5) is 2.34. The Bertz CT molecular complexity index is 978. The average Bonchev–Trinajstić information content (AvgIpc) is 2.66. The Kier molecular flexibility index (Phi) is 4.72. The van der Waals surface area contributed by atoms with Crippen LogP contribution in [0.4, 0.5) is 0 Å². The first kappa shape index (κ1) is 17.4. The lowest BCUT2D eigenvalue weighted by atomic mass is 9.95. The van der Waals surface area contributed by atoms with E-state index in [4.69, 9.17) is 4.74 Å². The molecule has 2 heterocycles. The van der Waals surface area contributed by atoms with Crippen LogP contribution in [-0.2, 0) is 6.54 Å². The van der Waals surface area contributed by atoms with E-state index in [1.54, 1.807) is 0 Å². The normalized spacial score (nSPS) is 16.8. The van der Waals surface area contributed by atoms with Crippen molar-refractivity contribution in [3.05, 3.63) is 101 Å². The number of rotatable bonds is 5. The molecule has 2 nitrogen and oxygen atoms in total. The standard InChI is InChI=1S/C25H25NO/c1-4-8-19-16-25(27-24-10-7-6-9-22(19)24)23-12-11-18(3)15-20(23)17-26-14-13-21(26)5-2/h5-13,15-16H,2,4,14,17H2,1,3H3/b19-8-. The van der Waals surface area contributed by atoms with Crippen LogP contribution < -0.4 is 4.74 Å². The minimum Gasteiger partial charge on any atom is -0.456 e. The maximum Gasteiger partial charge on any atom is 0.135 e. The summed E-state index contributed by atoms with van der Waals surface area (Å²) in [7, 11) is 0. The summed E-state index contributed by atoms with van der Waals surface area (Å²) in [6.45, 7) is 10.1. The SMILES string of the molecule is C=CC1=CCN1Cc1cc(C)ccc1C1=C/C(=C/CC)c2ccccc2O1. The van der Waals surface area contributed by atoms with Crippen molar-refractivity contribution in [1.82, 2.24) is 4.90 Å². The predicted octanol–water partition coefficient (Wildman–Crippen LogP) is 6.11. The maximum absolute atomic E-state index is 6.33. The second-order valence-electron chi connectivity index (χ2n) is 7.05. The third-order valence-electron chi connectivity index (χ3n) is 5.11. The molecule has 4 rings (SSSR count). The number of aryl methyl sites for hydroxylation is 1. The summed E-state index contributed by atoms with van der Waals surface area (Å²) in [5.74, 6) is 1.85. The fraction of sp³-hybridized carbons (Fsp3) is 0.200. The first-order chi connectivity index (χ1) is 13.2. The van der Waals surface area contributed by atoms with E-state index in [1.165, 1.54) is 22.4 Å². The van der Waals surface area contributed by atoms with Crippen molar-refractivity contribution in [1.29, 1.82) is 0 Å². The van der Waals surface area contributed by atoms with Gasteiger partial charge in [0.25, 0.3) is 0 Å². The molecule has 2 aliphatic rings. The topological polar surface area (TPSA) is 12.5 Å². The quantitative estimate of drug-likeness (QED) is 0.642. The van der Waals surface area contributed by atoms with E-state index in [0.717, 1.165) is 42.1 Å². The van der Waals surface area contributed by atoms with Gasteiger partial charge in [-0.25, -0.2) is 0 Å². The monoisotopic (exact) mass is 355 g/mol. The Morgan fingerprint density at radius 3 is 2.74 bits per heavy atom. The minimum atomic E-state index is 0.865. The third-order valence-corrected chi connectivity index (χ3v) is 5.11. The van der Waals surface area contributed by atoms with Crippen LogP contribution in [0.3, 0.4) is 0 Å². The number of allylic oxidation sites excluding steroid dienone is 4. The number of nitrogens with zero attached hydrogens (tertiary/aromatic N) is 1. The van der Waals surface area contributed by atoms with Crippen LogP contribution >= 0.6 is 0 Å². The maximum atomic E-state index is 6.33. The highest BCUT2D eigenvalue weighted by Gasteiger charge is 2.21. The van der Waals surface area contributed by atoms with Crippen molar-refractivity contribution in [3.8, 4) is 5.75 Å². The van der Waals surface area contributed by atoms with Gasteiger partial charge in [-0.1, -0.05) is 61.5 Å². The predicted molar refractivity (Wildman–Crippen MR) is 113 cm³/mol. The molecule has 0 aliphatic carbocycles. The van der Waals surface area contributed by atoms with Crippen LogP contribution in [0.15, 0.2) is 79.0 Å². The van der Waals surface area contributed by atoms with Gasteiger partial charge in [0, 0.05) is 29.9 Å². The Balaban J connectivity index is 1.74. The van der Waals surface area contributed by atoms with Gasteiger partial charge in [-0.3, -0.25) is 0 Å². The van der Waals surface area contributed by atoms with Crippen molar-refractivity contribution in [2.45, 2.75) is 26.8 Å². The van der Waals surface area contributed by atoms with Gasteiger partial charge in [-0.15, -0.1) is 0 Å². The van der Waals surface area contributed by atoms with Crippen LogP contribution in [0.5, 0.6) is 5.75 Å². The van der Waals surface area contributed by atoms with E-state index < -0.39 is 0 Å². The van der Waals surface area contributed by atoms with E-state index in [-0.39, 0.29) is 0 Å². The zero-order valence-corrected chi connectivity index (χ0v) is 16.0. The van der Waals surface area contributed by atoms with Crippen LogP contribution in [0.2, 0.25) is 0 Å². The largest absolute Gasteiger partial charge is 0.456 e. The molecule has 0 aromatic heterocycles. The summed E-state index contributed by atoms with van der Waals surface area (Å²) in [6.07, 6.45) is 9.57. The molecule has 2 heteroatoms. The zero-order valence-electron chi connectivity index (χ0n) is 16.0. The number of hydrogen-bond acceptors (Lipinski definition) is 2. The number of ether oxygens (including phenoxy) is 1. The molecule has 0 atom stereocenters. The fourth-order valence-corrected chi connectivity index (χ4v) is 3.68. The van der Waals surface area contributed by atoms with Gasteiger partial charge in [0.2, 0.25) is 0 Å². The van der Waals surface area contributed by atoms with E-state index in [9.17, 15) is 0 Å². The first-order valence-electron chi connectivity index (χ1n) is 9.56. The van der Waals surface area contributed by atoms with Crippen LogP contribution in [0.25, 0.3) is 11.3 Å². The molecule has 0 unspecified atom stereocenters. The average molecular weight is 355 g/mol. The lowest BCUT2D eigenvalue weighted by Gasteiger charge is -2.33. The molecule has 0 radical (unpaired) electrons. The molecule has 0 bridgehead atoms. The molecule has 136 valence electrons. The molecule has 2 aliphatic heterocycles. The molecule has 0 amide bonds. The van der Waals surface area contributed by atoms with E-state index in [0.29, 0.717) is 0 Å². The Morgan fingerprint density at radius 1 is 1.15 bits per heavy atom. The van der Waals surface area contributed by atoms with Gasteiger partial charge < -0.3 is 9.64 Å². The van der Waals surface area contributed by atoms with Gasteiger partial charge >= 0.3 is 0 Å². The number of hydrogen-bond donors (Lipinski definition) is 0. The van der Waals surface area contributed by atoms with E-state index in [2.05, 4.69) is 73.9 Å². The van der Waals surface area contributed by atoms with E-state index in [1.807, 2.05) is 18.2 Å². The summed E-state index contributed by atoms with van der Waals surface area (Å²) in [5.41, 5.74) is 7.31. The lowest BCUT2D eigenvalue weighted by molar-refractivity contribution is 0.340. The summed E-state index contributed by atoms with van der Waals surface area (Å²) < 4.78 is 6.33. The molecule has 2 aromatic carbocycles. The molecular weight excluding hydrogens is 330 g/mol. The molecule has 0 saturated carbocycles. The summed E-state index contributed by atoms with van der Waals surface area (Å²) >= 11 is 0. The van der Waals surface area contributed by atoms with Gasteiger partial charge in [0.15, 0.2) is 0 Å². The highest BCUT2D eigenvalue weighted by atomic mass is 16.5. The van der Waals surface area contributed by atoms with Crippen molar-refractivity contribution in [2.24, 2.45) is 0 Å². The smallest absolute Gasteiger partial charge is 0.135 e. The number of benzene rings is 2. The highest BCUT2D eigenvalue weighted by molar-refractivity contribution is 5.88. The van der Waals surface area contributed by atoms with Crippen LogP contribution in [-0.4, -0.2) is 11.4 Å². The van der Waals surface area contributed by atoms with Crippen molar-refractivity contribution >= 4 is 11.3 Å². The molecule has 2 aromatic rings. The summed E-state index contributed by atoms with van der Waals surface area (Å²) in [6, 6.07) is 14.9. The molecule has 0 N–H and O–H groups in total. The molecule has 27 heavy (non-hydrogen) atoms. The highest BCUT2D eigenvalue weighted by Crippen LogP contribution is 2.38. The fourth-order valence-electron chi connectivity index (χ4n) is 3.68. The van der Waals surface area contributed by atoms with Gasteiger partial charge in [0.05, 0.1) is 0 Å². The van der Waals surface area contributed by atoms with Crippen molar-refractivity contribution in [2.75, 3.05) is 6.54 Å². The Labute approximate surface area is 161 Å². The van der Waals surface area contributed by atoms with E-state index >= 15 is 0 Å². The van der Waals surface area contributed by atoms with Crippen molar-refractivity contribution < 1.29 is 4.74 Å². The Morgan fingerprint density at radius 2 is 2.00 bits per heavy atom. The minimum absolute atomic E-state index is 0.865. The molecule has 0 saturated heterocycles. The Hall–Kier alpha value is -3.00. The van der Waals surface area contributed by atoms with Crippen LogP contribution in [0, 0.1) is 6.92 Å². The zero-order chi connectivity index (χ0) is 18.8. The number of para-hydroxylation sites is 1. The molecule has 0 spiro atoms. The first-order valence-corrected chi connectivity index (χ1v) is 9.56. The number of fused-ring (bicyclic) bond motifs is 1. The van der Waals surface area contributed by atoms with Gasteiger partial charge in [-0.05, 0) is 48.8 Å². The molecular formula is C25H25NO. The van der Waals surface area contributed by atoms with Gasteiger partial charge in [-0.2, -0.15) is 0 Å². The molecule has 0 fully saturated rings. The lowest BCUT2D eigenvalue weighted by Crippen LogP contribution is -2.30. The second kappa shape index (κ2) is 7.32. The van der Waals surface area contributed by atoms with Crippen LogP contribution in [0.1, 0.15) is 35.6 Å². The second-order valence-corrected chi connectivity index (χ2v) is 7.05. The van der Waals surface area contributed by atoms with Crippen molar-refractivity contribution in [3.63, 3.8) is 0 Å².